The first kappa shape index (κ1) is 18.9. The summed E-state index contributed by atoms with van der Waals surface area (Å²) < 4.78 is 0. The molecule has 2 amide bonds. The zero-order valence-electron chi connectivity index (χ0n) is 15.8. The summed E-state index contributed by atoms with van der Waals surface area (Å²) in [5.41, 5.74) is 1.38. The molecule has 2 N–H and O–H groups in total. The van der Waals surface area contributed by atoms with Crippen molar-refractivity contribution in [2.45, 2.75) is 32.2 Å². The standard InChI is InChI=1S/C20H30N4O2/c1-15(9-10-24-13-11-23(2)12-14-24)21-19(25)17-5-7-18(8-6-17)22-20(26)16-3-4-16/h5-8,15-16H,3-4,9-14H2,1-2H3,(H,21,25)(H,22,26). The maximum atomic E-state index is 12.4. The Labute approximate surface area is 155 Å². The molecule has 0 bridgehead atoms. The summed E-state index contributed by atoms with van der Waals surface area (Å²) in [6.45, 7) is 7.50. The van der Waals surface area contributed by atoms with Crippen LogP contribution in [0, 0.1) is 5.92 Å². The van der Waals surface area contributed by atoms with Gasteiger partial charge in [0.15, 0.2) is 0 Å². The minimum atomic E-state index is -0.0593. The molecule has 0 radical (unpaired) electrons. The zero-order valence-corrected chi connectivity index (χ0v) is 15.8. The number of carbonyl (C=O) groups excluding carboxylic acids is 2. The average Bonchev–Trinajstić information content (AvgIpc) is 3.47. The van der Waals surface area contributed by atoms with Gasteiger partial charge in [-0.2, -0.15) is 0 Å². The molecule has 2 aliphatic rings. The number of nitrogens with one attached hydrogen (secondary N) is 2. The first-order valence-electron chi connectivity index (χ1n) is 9.64. The maximum Gasteiger partial charge on any atom is 0.251 e. The van der Waals surface area contributed by atoms with Crippen molar-refractivity contribution in [3.05, 3.63) is 29.8 Å². The van der Waals surface area contributed by atoms with E-state index in [9.17, 15) is 9.59 Å². The van der Waals surface area contributed by atoms with E-state index in [4.69, 9.17) is 0 Å². The van der Waals surface area contributed by atoms with Crippen LogP contribution in [0.25, 0.3) is 0 Å². The van der Waals surface area contributed by atoms with E-state index >= 15 is 0 Å². The van der Waals surface area contributed by atoms with Gasteiger partial charge in [0.1, 0.15) is 0 Å². The molecule has 1 unspecified atom stereocenters. The molecule has 3 rings (SSSR count). The Morgan fingerprint density at radius 1 is 1.12 bits per heavy atom. The topological polar surface area (TPSA) is 64.7 Å². The predicted octanol–water partition coefficient (Wildman–Crippen LogP) is 1.79. The average molecular weight is 358 g/mol. The number of hydrogen-bond acceptors (Lipinski definition) is 4. The van der Waals surface area contributed by atoms with Gasteiger partial charge in [0.05, 0.1) is 0 Å². The molecule has 26 heavy (non-hydrogen) atoms. The lowest BCUT2D eigenvalue weighted by molar-refractivity contribution is -0.117. The van der Waals surface area contributed by atoms with E-state index in [0.717, 1.165) is 57.7 Å². The van der Waals surface area contributed by atoms with Crippen molar-refractivity contribution in [3.8, 4) is 0 Å². The van der Waals surface area contributed by atoms with Crippen molar-refractivity contribution < 1.29 is 9.59 Å². The Hall–Kier alpha value is -1.92. The van der Waals surface area contributed by atoms with Gasteiger partial charge < -0.3 is 20.4 Å². The Kier molecular flexibility index (Phi) is 6.27. The first-order chi connectivity index (χ1) is 12.5. The second-order valence-electron chi connectivity index (χ2n) is 7.65. The molecule has 0 spiro atoms. The van der Waals surface area contributed by atoms with Crippen LogP contribution in [-0.2, 0) is 4.79 Å². The van der Waals surface area contributed by atoms with E-state index in [1.54, 1.807) is 24.3 Å². The van der Waals surface area contributed by atoms with Crippen LogP contribution in [0.4, 0.5) is 5.69 Å². The number of amides is 2. The lowest BCUT2D eigenvalue weighted by Crippen LogP contribution is -2.46. The van der Waals surface area contributed by atoms with Gasteiger partial charge in [-0.1, -0.05) is 0 Å². The van der Waals surface area contributed by atoms with Gasteiger partial charge in [-0.25, -0.2) is 0 Å². The molecule has 6 nitrogen and oxygen atoms in total. The van der Waals surface area contributed by atoms with Gasteiger partial charge in [0.25, 0.3) is 5.91 Å². The summed E-state index contributed by atoms with van der Waals surface area (Å²) >= 11 is 0. The molecule has 1 heterocycles. The molecule has 1 aliphatic heterocycles. The quantitative estimate of drug-likeness (QED) is 0.780. The highest BCUT2D eigenvalue weighted by Crippen LogP contribution is 2.30. The maximum absolute atomic E-state index is 12.4. The van der Waals surface area contributed by atoms with Crippen LogP contribution in [0.1, 0.15) is 36.5 Å². The first-order valence-corrected chi connectivity index (χ1v) is 9.64. The van der Waals surface area contributed by atoms with E-state index in [1.165, 1.54) is 0 Å². The highest BCUT2D eigenvalue weighted by molar-refractivity contribution is 5.96. The minimum Gasteiger partial charge on any atom is -0.350 e. The molecule has 142 valence electrons. The summed E-state index contributed by atoms with van der Waals surface area (Å²) in [5, 5.41) is 5.96. The van der Waals surface area contributed by atoms with E-state index in [2.05, 4.69) is 34.4 Å². The third kappa shape index (κ3) is 5.54. The van der Waals surface area contributed by atoms with Gasteiger partial charge in [-0.05, 0) is 57.5 Å². The second-order valence-corrected chi connectivity index (χ2v) is 7.65. The van der Waals surface area contributed by atoms with Crippen molar-refractivity contribution in [1.82, 2.24) is 15.1 Å². The number of carbonyl (C=O) groups is 2. The molecule has 6 heteroatoms. The largest absolute Gasteiger partial charge is 0.350 e. The van der Waals surface area contributed by atoms with Crippen LogP contribution < -0.4 is 10.6 Å². The predicted molar refractivity (Wildman–Crippen MR) is 103 cm³/mol. The van der Waals surface area contributed by atoms with Crippen molar-refractivity contribution in [2.75, 3.05) is 45.1 Å². The minimum absolute atomic E-state index is 0.0593. The summed E-state index contributed by atoms with van der Waals surface area (Å²) in [4.78, 5) is 28.9. The third-order valence-corrected chi connectivity index (χ3v) is 5.21. The summed E-state index contributed by atoms with van der Waals surface area (Å²) in [6.07, 6.45) is 2.92. The number of anilines is 1. The van der Waals surface area contributed by atoms with Crippen LogP contribution in [-0.4, -0.2) is 67.4 Å². The van der Waals surface area contributed by atoms with E-state index < -0.39 is 0 Å². The van der Waals surface area contributed by atoms with Crippen LogP contribution in [0.3, 0.4) is 0 Å². The smallest absolute Gasteiger partial charge is 0.251 e. The van der Waals surface area contributed by atoms with Gasteiger partial charge in [0.2, 0.25) is 5.91 Å². The third-order valence-electron chi connectivity index (χ3n) is 5.21. The lowest BCUT2D eigenvalue weighted by Gasteiger charge is -2.32. The highest BCUT2D eigenvalue weighted by Gasteiger charge is 2.29. The summed E-state index contributed by atoms with van der Waals surface area (Å²) in [6, 6.07) is 7.26. The second kappa shape index (κ2) is 8.64. The zero-order chi connectivity index (χ0) is 18.5. The number of hydrogen-bond donors (Lipinski definition) is 2. The van der Waals surface area contributed by atoms with Crippen molar-refractivity contribution >= 4 is 17.5 Å². The molecule has 1 aromatic carbocycles. The van der Waals surface area contributed by atoms with Gasteiger partial charge >= 0.3 is 0 Å². The van der Waals surface area contributed by atoms with Crippen LogP contribution in [0.15, 0.2) is 24.3 Å². The Morgan fingerprint density at radius 3 is 2.38 bits per heavy atom. The molecule has 2 fully saturated rings. The highest BCUT2D eigenvalue weighted by atomic mass is 16.2. The van der Waals surface area contributed by atoms with E-state index in [-0.39, 0.29) is 23.8 Å². The van der Waals surface area contributed by atoms with Gasteiger partial charge in [-0.3, -0.25) is 9.59 Å². The fourth-order valence-corrected chi connectivity index (χ4v) is 3.12. The molecular weight excluding hydrogens is 328 g/mol. The van der Waals surface area contributed by atoms with Crippen LogP contribution in [0.5, 0.6) is 0 Å². The SMILES string of the molecule is CC(CCN1CCN(C)CC1)NC(=O)c1ccc(NC(=O)C2CC2)cc1. The molecule has 1 aromatic rings. The van der Waals surface area contributed by atoms with Crippen molar-refractivity contribution in [3.63, 3.8) is 0 Å². The number of piperazine rings is 1. The molecule has 1 saturated carbocycles. The number of nitrogens with zero attached hydrogens (tertiary/aromatic N) is 2. The summed E-state index contributed by atoms with van der Waals surface area (Å²) in [7, 11) is 2.16. The fourth-order valence-electron chi connectivity index (χ4n) is 3.12. The Morgan fingerprint density at radius 2 is 1.77 bits per heavy atom. The number of rotatable bonds is 7. The summed E-state index contributed by atoms with van der Waals surface area (Å²) in [5.74, 6) is 0.204. The normalized spacial score (nSPS) is 19.8. The van der Waals surface area contributed by atoms with Gasteiger partial charge in [0, 0.05) is 55.9 Å². The fraction of sp³-hybridized carbons (Fsp3) is 0.600. The monoisotopic (exact) mass is 358 g/mol. The molecule has 0 aromatic heterocycles. The van der Waals surface area contributed by atoms with Crippen molar-refractivity contribution in [2.24, 2.45) is 5.92 Å². The van der Waals surface area contributed by atoms with E-state index in [0.29, 0.717) is 5.56 Å². The van der Waals surface area contributed by atoms with Gasteiger partial charge in [-0.15, -0.1) is 0 Å². The molecule has 1 atom stereocenters. The van der Waals surface area contributed by atoms with Crippen LogP contribution in [0.2, 0.25) is 0 Å². The Bertz CT molecular complexity index is 619. The van der Waals surface area contributed by atoms with Crippen molar-refractivity contribution in [1.29, 1.82) is 0 Å². The molecular formula is C20H30N4O2. The lowest BCUT2D eigenvalue weighted by atomic mass is 10.1. The Balaban J connectivity index is 1.41. The van der Waals surface area contributed by atoms with Crippen LogP contribution >= 0.6 is 0 Å². The number of likely N-dealkylation sites (N-methyl/N-ethyl adjacent to an activating group) is 1. The molecule has 1 aliphatic carbocycles. The number of benzene rings is 1. The van der Waals surface area contributed by atoms with E-state index in [1.807, 2.05) is 0 Å². The molecule has 1 saturated heterocycles.